The molecule has 0 radical (unpaired) electrons. The standard InChI is InChI=1S/C21H19F2N3O4/c22-12-2-1-11(15(23)7-12)8-24-19(29)14-9-25-10-21-5-3-13(4-6-21)26(21)20(30)16(25)18(28)17(14)27/h1-2,7,9,13,28H,3-6,8,10H2,(H,24,29). The summed E-state index contributed by atoms with van der Waals surface area (Å²) in [4.78, 5) is 40.0. The largest absolute Gasteiger partial charge is 0.503 e. The van der Waals surface area contributed by atoms with Crippen LogP contribution in [0, 0.1) is 11.6 Å². The van der Waals surface area contributed by atoms with Crippen LogP contribution in [0.25, 0.3) is 0 Å². The molecule has 0 spiro atoms. The minimum Gasteiger partial charge on any atom is -0.503 e. The minimum atomic E-state index is -0.950. The van der Waals surface area contributed by atoms with Crippen molar-refractivity contribution in [3.63, 3.8) is 0 Å². The van der Waals surface area contributed by atoms with Crippen molar-refractivity contribution in [1.82, 2.24) is 14.8 Å². The summed E-state index contributed by atoms with van der Waals surface area (Å²) in [6, 6.07) is 3.10. The van der Waals surface area contributed by atoms with E-state index in [0.29, 0.717) is 12.6 Å². The first-order valence-electron chi connectivity index (χ1n) is 9.83. The molecule has 0 saturated carbocycles. The van der Waals surface area contributed by atoms with Crippen LogP contribution in [0.4, 0.5) is 8.78 Å². The van der Waals surface area contributed by atoms with Crippen LogP contribution < -0.4 is 10.7 Å². The number of rotatable bonds is 3. The van der Waals surface area contributed by atoms with Crippen molar-refractivity contribution in [1.29, 1.82) is 0 Å². The van der Waals surface area contributed by atoms with E-state index in [1.165, 1.54) is 16.8 Å². The Bertz CT molecular complexity index is 1150. The third kappa shape index (κ3) is 2.57. The fourth-order valence-electron chi connectivity index (χ4n) is 5.17. The molecule has 1 aromatic carbocycles. The molecular weight excluding hydrogens is 396 g/mol. The average Bonchev–Trinajstić information content (AvgIpc) is 3.25. The monoisotopic (exact) mass is 415 g/mol. The van der Waals surface area contributed by atoms with Crippen molar-refractivity contribution in [2.75, 3.05) is 0 Å². The second kappa shape index (κ2) is 6.38. The molecule has 0 aliphatic carbocycles. The summed E-state index contributed by atoms with van der Waals surface area (Å²) in [6.07, 6.45) is 4.77. The second-order valence-electron chi connectivity index (χ2n) is 8.25. The number of nitrogens with zero attached hydrogens (tertiary/aromatic N) is 2. The maximum Gasteiger partial charge on any atom is 0.275 e. The summed E-state index contributed by atoms with van der Waals surface area (Å²) in [5.41, 5.74) is -1.65. The molecule has 7 nitrogen and oxygen atoms in total. The van der Waals surface area contributed by atoms with Gasteiger partial charge in [0.15, 0.2) is 11.4 Å². The van der Waals surface area contributed by atoms with Crippen LogP contribution in [0.2, 0.25) is 0 Å². The molecule has 30 heavy (non-hydrogen) atoms. The molecule has 2 aromatic rings. The molecule has 3 aliphatic rings. The molecule has 3 aliphatic heterocycles. The Hall–Kier alpha value is -3.23. The number of amides is 2. The van der Waals surface area contributed by atoms with Gasteiger partial charge in [-0.1, -0.05) is 6.07 Å². The van der Waals surface area contributed by atoms with E-state index in [-0.39, 0.29) is 40.9 Å². The number of aromatic nitrogens is 1. The van der Waals surface area contributed by atoms with E-state index in [9.17, 15) is 28.3 Å². The maximum atomic E-state index is 13.8. The van der Waals surface area contributed by atoms with Gasteiger partial charge in [0, 0.05) is 37.0 Å². The van der Waals surface area contributed by atoms with Crippen LogP contribution in [0.5, 0.6) is 5.75 Å². The number of aromatic hydroxyl groups is 1. The highest BCUT2D eigenvalue weighted by molar-refractivity contribution is 5.99. The first-order valence-corrected chi connectivity index (χ1v) is 9.83. The van der Waals surface area contributed by atoms with Gasteiger partial charge < -0.3 is 19.9 Å². The summed E-state index contributed by atoms with van der Waals surface area (Å²) in [6.45, 7) is 0.149. The lowest BCUT2D eigenvalue weighted by atomic mass is 9.86. The molecule has 0 atom stereocenters. The zero-order chi connectivity index (χ0) is 21.2. The number of halogens is 2. The van der Waals surface area contributed by atoms with Gasteiger partial charge in [0.25, 0.3) is 11.8 Å². The SMILES string of the molecule is O=C(NCc1ccc(F)cc1F)c1cn2c(c(O)c1=O)C(=O)N1C3CCC1(CC3)C2. The molecule has 2 fully saturated rings. The molecule has 0 unspecified atom stereocenters. The van der Waals surface area contributed by atoms with E-state index in [0.717, 1.165) is 31.7 Å². The lowest BCUT2D eigenvalue weighted by Crippen LogP contribution is -2.53. The van der Waals surface area contributed by atoms with Crippen LogP contribution >= 0.6 is 0 Å². The van der Waals surface area contributed by atoms with Gasteiger partial charge in [0.05, 0.1) is 5.54 Å². The number of carbonyl (C=O) groups excluding carboxylic acids is 2. The predicted molar refractivity (Wildman–Crippen MR) is 101 cm³/mol. The Morgan fingerprint density at radius 2 is 1.97 bits per heavy atom. The van der Waals surface area contributed by atoms with Gasteiger partial charge in [0.1, 0.15) is 17.2 Å². The molecule has 5 rings (SSSR count). The topological polar surface area (TPSA) is 91.6 Å². The maximum absolute atomic E-state index is 13.8. The van der Waals surface area contributed by atoms with Crippen molar-refractivity contribution >= 4 is 11.8 Å². The van der Waals surface area contributed by atoms with E-state index in [1.54, 1.807) is 4.90 Å². The van der Waals surface area contributed by atoms with Gasteiger partial charge in [-0.3, -0.25) is 14.4 Å². The summed E-state index contributed by atoms with van der Waals surface area (Å²) >= 11 is 0. The van der Waals surface area contributed by atoms with Crippen LogP contribution in [-0.2, 0) is 13.1 Å². The summed E-state index contributed by atoms with van der Waals surface area (Å²) in [7, 11) is 0. The molecule has 2 bridgehead atoms. The van der Waals surface area contributed by atoms with Gasteiger partial charge >= 0.3 is 0 Å². The quantitative estimate of drug-likeness (QED) is 0.801. The van der Waals surface area contributed by atoms with Crippen LogP contribution in [-0.4, -0.2) is 38.0 Å². The Balaban J connectivity index is 1.46. The molecule has 9 heteroatoms. The van der Waals surface area contributed by atoms with Crippen molar-refractivity contribution in [2.45, 2.75) is 50.4 Å². The van der Waals surface area contributed by atoms with Gasteiger partial charge in [-0.2, -0.15) is 0 Å². The van der Waals surface area contributed by atoms with Crippen molar-refractivity contribution in [3.05, 3.63) is 63.1 Å². The highest BCUT2D eigenvalue weighted by atomic mass is 19.1. The Labute approximate surface area is 169 Å². The first kappa shape index (κ1) is 18.8. The highest BCUT2D eigenvalue weighted by Gasteiger charge is 2.57. The summed E-state index contributed by atoms with van der Waals surface area (Å²) in [5, 5.41) is 12.9. The highest BCUT2D eigenvalue weighted by Crippen LogP contribution is 2.50. The van der Waals surface area contributed by atoms with Gasteiger partial charge in [-0.25, -0.2) is 8.78 Å². The van der Waals surface area contributed by atoms with Crippen LogP contribution in [0.3, 0.4) is 0 Å². The minimum absolute atomic E-state index is 0.0553. The molecule has 1 aromatic heterocycles. The van der Waals surface area contributed by atoms with E-state index in [2.05, 4.69) is 5.32 Å². The first-order chi connectivity index (χ1) is 14.3. The Morgan fingerprint density at radius 1 is 1.23 bits per heavy atom. The number of pyridine rings is 1. The van der Waals surface area contributed by atoms with E-state index in [1.807, 2.05) is 0 Å². The van der Waals surface area contributed by atoms with Crippen LogP contribution in [0.15, 0.2) is 29.2 Å². The molecule has 156 valence electrons. The van der Waals surface area contributed by atoms with Gasteiger partial charge in [-0.15, -0.1) is 0 Å². The number of nitrogens with one attached hydrogen (secondary N) is 1. The molecule has 2 amide bonds. The third-order valence-electron chi connectivity index (χ3n) is 6.60. The fraction of sp³-hybridized carbons (Fsp3) is 0.381. The second-order valence-corrected chi connectivity index (χ2v) is 8.25. The molecule has 2 N–H and O–H groups in total. The van der Waals surface area contributed by atoms with E-state index in [4.69, 9.17) is 0 Å². The molecule has 2 saturated heterocycles. The van der Waals surface area contributed by atoms with Gasteiger partial charge in [-0.05, 0) is 31.7 Å². The lowest BCUT2D eigenvalue weighted by molar-refractivity contribution is 0.0490. The average molecular weight is 415 g/mol. The summed E-state index contributed by atoms with van der Waals surface area (Å²) < 4.78 is 28.3. The zero-order valence-electron chi connectivity index (χ0n) is 16.0. The number of hydrogen-bond acceptors (Lipinski definition) is 4. The summed E-state index contributed by atoms with van der Waals surface area (Å²) in [5.74, 6) is -3.49. The predicted octanol–water partition coefficient (Wildman–Crippen LogP) is 1.91. The number of benzene rings is 1. The number of fused-ring (bicyclic) bond motifs is 1. The fourth-order valence-corrected chi connectivity index (χ4v) is 5.17. The van der Waals surface area contributed by atoms with Crippen molar-refractivity contribution < 1.29 is 23.5 Å². The number of hydrogen-bond donors (Lipinski definition) is 2. The van der Waals surface area contributed by atoms with Crippen molar-refractivity contribution in [3.8, 4) is 5.75 Å². The van der Waals surface area contributed by atoms with E-state index >= 15 is 0 Å². The number of carbonyl (C=O) groups is 2. The van der Waals surface area contributed by atoms with E-state index < -0.39 is 28.7 Å². The smallest absolute Gasteiger partial charge is 0.275 e. The third-order valence-corrected chi connectivity index (χ3v) is 6.60. The Morgan fingerprint density at radius 3 is 2.67 bits per heavy atom. The normalized spacial score (nSPS) is 24.0. The van der Waals surface area contributed by atoms with Crippen molar-refractivity contribution in [2.24, 2.45) is 0 Å². The zero-order valence-corrected chi connectivity index (χ0v) is 16.0. The molecular formula is C21H19F2N3O4. The molecule has 4 heterocycles. The van der Waals surface area contributed by atoms with Crippen LogP contribution in [0.1, 0.15) is 52.1 Å². The Kier molecular flexibility index (Phi) is 4.00. The van der Waals surface area contributed by atoms with Gasteiger partial charge in [0.2, 0.25) is 5.43 Å². The lowest BCUT2D eigenvalue weighted by Gasteiger charge is -2.41.